The standard InChI is InChI=1S/C54H66N10O9/c1-37(56-50(67)40-9-7-10-41(35-40)60-54(22-26-63(2)27-23-54)53-59-49(61-62-53)39-19-24-55-25-20-39)38-13-15-42(16-14-38)73-29-6-4-3-5-28-70-31-33-72-34-32-71-30-21-48(66)57-45-12-8-11-43-44(45)36-64(52(43)69)46-17-18-47(65)58-51(46)68/h7-16,19-20,24-25,35,37,46,60H,3-6,17-18,21-23,26-34,36H2,1-2H3,(H,56,67)(H,57,66)(H,58,65,68)(H,59,61,62). The number of unbranched alkanes of at least 4 members (excludes halogenated alkanes) is 3. The molecule has 3 aliphatic heterocycles. The van der Waals surface area contributed by atoms with E-state index in [-0.39, 0.29) is 62.1 Å². The molecule has 0 bridgehead atoms. The van der Waals surface area contributed by atoms with Gasteiger partial charge in [0.15, 0.2) is 11.6 Å². The van der Waals surface area contributed by atoms with E-state index >= 15 is 0 Å². The van der Waals surface area contributed by atoms with Gasteiger partial charge in [-0.25, -0.2) is 4.98 Å². The van der Waals surface area contributed by atoms with Gasteiger partial charge in [-0.1, -0.05) is 30.7 Å². The van der Waals surface area contributed by atoms with Gasteiger partial charge in [-0.3, -0.25) is 39.4 Å². The number of hydrogen-bond donors (Lipinski definition) is 5. The molecule has 2 saturated heterocycles. The van der Waals surface area contributed by atoms with Crippen LogP contribution in [0.25, 0.3) is 11.4 Å². The molecule has 3 aliphatic rings. The number of nitrogens with zero attached hydrogens (tertiary/aromatic N) is 5. The Labute approximate surface area is 425 Å². The number of H-pyrrole nitrogens is 1. The second kappa shape index (κ2) is 25.5. The third-order valence-corrected chi connectivity index (χ3v) is 13.5. The third-order valence-electron chi connectivity index (χ3n) is 13.5. The fourth-order valence-electron chi connectivity index (χ4n) is 9.23. The van der Waals surface area contributed by atoms with Gasteiger partial charge in [0, 0.05) is 78.7 Å². The number of carbonyl (C=O) groups is 5. The minimum atomic E-state index is -0.724. The zero-order chi connectivity index (χ0) is 51.0. The molecule has 19 heteroatoms. The Morgan fingerprint density at radius 2 is 1.55 bits per heavy atom. The van der Waals surface area contributed by atoms with Crippen molar-refractivity contribution in [2.24, 2.45) is 0 Å². The topological polar surface area (TPSA) is 231 Å². The first-order valence-corrected chi connectivity index (χ1v) is 25.3. The van der Waals surface area contributed by atoms with Crippen molar-refractivity contribution in [3.8, 4) is 17.1 Å². The summed E-state index contributed by atoms with van der Waals surface area (Å²) in [5.74, 6) is 0.647. The first-order chi connectivity index (χ1) is 35.5. The van der Waals surface area contributed by atoms with Crippen molar-refractivity contribution in [1.82, 2.24) is 40.6 Å². The highest BCUT2D eigenvalue weighted by Crippen LogP contribution is 2.36. The Kier molecular flexibility index (Phi) is 18.3. The Morgan fingerprint density at radius 3 is 2.30 bits per heavy atom. The molecule has 0 spiro atoms. The molecule has 5 N–H and O–H groups in total. The molecule has 0 aliphatic carbocycles. The van der Waals surface area contributed by atoms with Gasteiger partial charge in [0.1, 0.15) is 11.8 Å². The first kappa shape index (κ1) is 52.3. The highest BCUT2D eigenvalue weighted by molar-refractivity contribution is 6.06. The first-order valence-electron chi connectivity index (χ1n) is 25.3. The van der Waals surface area contributed by atoms with Crippen LogP contribution in [0.4, 0.5) is 11.4 Å². The van der Waals surface area contributed by atoms with Gasteiger partial charge >= 0.3 is 0 Å². The van der Waals surface area contributed by atoms with E-state index in [2.05, 4.69) is 48.4 Å². The molecule has 5 aromatic rings. The van der Waals surface area contributed by atoms with Crippen LogP contribution in [0.15, 0.2) is 91.3 Å². The number of imide groups is 1. The number of amides is 5. The van der Waals surface area contributed by atoms with Crippen molar-refractivity contribution in [2.45, 2.75) is 88.9 Å². The molecule has 19 nitrogen and oxygen atoms in total. The maximum absolute atomic E-state index is 13.5. The number of ether oxygens (including phenoxy) is 4. The molecule has 2 fully saturated rings. The Hall–Kier alpha value is -7.06. The van der Waals surface area contributed by atoms with Crippen LogP contribution in [-0.2, 0) is 40.7 Å². The van der Waals surface area contributed by atoms with Gasteiger partial charge in [-0.2, -0.15) is 5.10 Å². The summed E-state index contributed by atoms with van der Waals surface area (Å²) in [6.07, 6.45) is 9.58. The van der Waals surface area contributed by atoms with E-state index in [0.29, 0.717) is 67.8 Å². The SMILES string of the molecule is CC(NC(=O)c1cccc(NC2(c3nc(-c4ccncc4)n[nH]3)CCN(C)CC2)c1)c1ccc(OCCCCCCOCCOCCOCCC(=O)Nc2cccc3c2CN(C2CCC(=O)NC2=O)C3=O)cc1. The number of carbonyl (C=O) groups excluding carboxylic acids is 5. The Morgan fingerprint density at radius 1 is 0.836 bits per heavy atom. The number of anilines is 2. The molecule has 2 aromatic heterocycles. The summed E-state index contributed by atoms with van der Waals surface area (Å²) in [6, 6.07) is 23.4. The number of hydrogen-bond acceptors (Lipinski definition) is 14. The smallest absolute Gasteiger partial charge is 0.255 e. The van der Waals surface area contributed by atoms with E-state index in [1.54, 1.807) is 30.6 Å². The molecule has 386 valence electrons. The van der Waals surface area contributed by atoms with Gasteiger partial charge in [0.05, 0.1) is 57.6 Å². The van der Waals surface area contributed by atoms with Crippen LogP contribution in [0, 0.1) is 0 Å². The summed E-state index contributed by atoms with van der Waals surface area (Å²) in [5, 5.41) is 19.8. The van der Waals surface area contributed by atoms with Crippen LogP contribution in [-0.4, -0.2) is 132 Å². The van der Waals surface area contributed by atoms with Crippen molar-refractivity contribution < 1.29 is 42.9 Å². The van der Waals surface area contributed by atoms with Gasteiger partial charge in [-0.05, 0) is 113 Å². The van der Waals surface area contributed by atoms with Crippen LogP contribution >= 0.6 is 0 Å². The molecule has 0 radical (unpaired) electrons. The number of fused-ring (bicyclic) bond motifs is 1. The number of benzene rings is 3. The summed E-state index contributed by atoms with van der Waals surface area (Å²) >= 11 is 0. The van der Waals surface area contributed by atoms with Gasteiger partial charge in [0.2, 0.25) is 17.7 Å². The van der Waals surface area contributed by atoms with E-state index in [0.717, 1.165) is 80.0 Å². The van der Waals surface area contributed by atoms with Gasteiger partial charge in [0.25, 0.3) is 11.8 Å². The number of nitrogens with one attached hydrogen (secondary N) is 5. The molecule has 73 heavy (non-hydrogen) atoms. The number of likely N-dealkylation sites (tertiary alicyclic amines) is 1. The van der Waals surface area contributed by atoms with Crippen LogP contribution < -0.4 is 26.0 Å². The second-order valence-electron chi connectivity index (χ2n) is 18.7. The van der Waals surface area contributed by atoms with Crippen LogP contribution in [0.5, 0.6) is 5.75 Å². The van der Waals surface area contributed by atoms with Crippen molar-refractivity contribution in [2.75, 3.05) is 77.0 Å². The number of aromatic amines is 1. The molecular formula is C54H66N10O9. The Bertz CT molecular complexity index is 2660. The van der Waals surface area contributed by atoms with Gasteiger partial charge in [-0.15, -0.1) is 0 Å². The van der Waals surface area contributed by atoms with Crippen molar-refractivity contribution in [3.63, 3.8) is 0 Å². The largest absolute Gasteiger partial charge is 0.494 e. The minimum Gasteiger partial charge on any atom is -0.494 e. The average Bonchev–Trinajstić information content (AvgIpc) is 4.04. The van der Waals surface area contributed by atoms with E-state index in [1.165, 1.54) is 4.90 Å². The zero-order valence-corrected chi connectivity index (χ0v) is 41.7. The maximum Gasteiger partial charge on any atom is 0.255 e. The highest BCUT2D eigenvalue weighted by Gasteiger charge is 2.41. The highest BCUT2D eigenvalue weighted by atomic mass is 16.5. The molecule has 5 amide bonds. The summed E-state index contributed by atoms with van der Waals surface area (Å²) in [4.78, 5) is 76.0. The monoisotopic (exact) mass is 999 g/mol. The second-order valence-corrected chi connectivity index (χ2v) is 18.7. The summed E-state index contributed by atoms with van der Waals surface area (Å²) < 4.78 is 22.9. The number of aromatic nitrogens is 4. The molecule has 2 atom stereocenters. The lowest BCUT2D eigenvalue weighted by atomic mass is 9.86. The lowest BCUT2D eigenvalue weighted by Gasteiger charge is -2.40. The number of rotatable bonds is 26. The predicted molar refractivity (Wildman–Crippen MR) is 273 cm³/mol. The number of pyridine rings is 1. The predicted octanol–water partition coefficient (Wildman–Crippen LogP) is 6.17. The maximum atomic E-state index is 13.5. The van der Waals surface area contributed by atoms with Crippen molar-refractivity contribution in [3.05, 3.63) is 119 Å². The average molecular weight is 999 g/mol. The van der Waals surface area contributed by atoms with E-state index < -0.39 is 17.5 Å². The lowest BCUT2D eigenvalue weighted by molar-refractivity contribution is -0.137. The zero-order valence-electron chi connectivity index (χ0n) is 41.7. The molecule has 5 heterocycles. The van der Waals surface area contributed by atoms with E-state index in [1.807, 2.05) is 67.6 Å². The fraction of sp³-hybridized carbons (Fsp3) is 0.444. The molecular weight excluding hydrogens is 933 g/mol. The molecule has 8 rings (SSSR count). The summed E-state index contributed by atoms with van der Waals surface area (Å²) in [6.45, 7) is 7.04. The summed E-state index contributed by atoms with van der Waals surface area (Å²) in [7, 11) is 2.12. The van der Waals surface area contributed by atoms with Gasteiger partial charge < -0.3 is 44.7 Å². The Balaban J connectivity index is 0.643. The minimum absolute atomic E-state index is 0.124. The molecule has 0 saturated carbocycles. The quantitative estimate of drug-likeness (QED) is 0.0308. The number of piperidine rings is 2. The van der Waals surface area contributed by atoms with Crippen molar-refractivity contribution >= 4 is 40.9 Å². The summed E-state index contributed by atoms with van der Waals surface area (Å²) in [5.41, 5.74) is 4.39. The fourth-order valence-corrected chi connectivity index (χ4v) is 9.23. The van der Waals surface area contributed by atoms with E-state index in [9.17, 15) is 24.0 Å². The van der Waals surface area contributed by atoms with Crippen LogP contribution in [0.1, 0.15) is 108 Å². The van der Waals surface area contributed by atoms with E-state index in [4.69, 9.17) is 23.9 Å². The molecule has 2 unspecified atom stereocenters. The van der Waals surface area contributed by atoms with Crippen LogP contribution in [0.2, 0.25) is 0 Å². The molecule has 3 aromatic carbocycles. The van der Waals surface area contributed by atoms with Crippen LogP contribution in [0.3, 0.4) is 0 Å². The third kappa shape index (κ3) is 14.1. The normalized spacial score (nSPS) is 16.9. The van der Waals surface area contributed by atoms with Crippen molar-refractivity contribution in [1.29, 1.82) is 0 Å². The lowest BCUT2D eigenvalue weighted by Crippen LogP contribution is -2.52.